The van der Waals surface area contributed by atoms with Crippen molar-refractivity contribution in [2.75, 3.05) is 18.1 Å². The van der Waals surface area contributed by atoms with Crippen molar-refractivity contribution >= 4 is 23.9 Å². The van der Waals surface area contributed by atoms with E-state index in [1.807, 2.05) is 0 Å². The number of anilines is 1. The molecule has 82 valence electrons. The molecule has 0 unspecified atom stereocenters. The fourth-order valence-corrected chi connectivity index (χ4v) is 1.94. The van der Waals surface area contributed by atoms with Gasteiger partial charge in [0.05, 0.1) is 5.56 Å². The number of rotatable bonds is 6. The third kappa shape index (κ3) is 3.51. The fourth-order valence-electron chi connectivity index (χ4n) is 1.04. The molecular weight excluding hydrogens is 210 g/mol. The minimum absolute atomic E-state index is 0.498. The van der Waals surface area contributed by atoms with Gasteiger partial charge < -0.3 is 5.32 Å². The molecule has 0 radical (unpaired) electrons. The van der Waals surface area contributed by atoms with E-state index in [0.717, 1.165) is 30.0 Å². The standard InChI is InChI=1S/C10H15N3OS/c1-3-4-5-15-10-12-6-8(7-14)9(11-2)13-10/h6-7H,3-5H2,1-2H3,(H,11,12,13). The maximum absolute atomic E-state index is 10.6. The van der Waals surface area contributed by atoms with Crippen molar-refractivity contribution in [3.05, 3.63) is 11.8 Å². The lowest BCUT2D eigenvalue weighted by molar-refractivity contribution is 0.112. The first-order chi connectivity index (χ1) is 7.31. The number of nitrogens with zero attached hydrogens (tertiary/aromatic N) is 2. The predicted molar refractivity (Wildman–Crippen MR) is 62.6 cm³/mol. The van der Waals surface area contributed by atoms with Crippen LogP contribution in [0.3, 0.4) is 0 Å². The van der Waals surface area contributed by atoms with Gasteiger partial charge in [0.1, 0.15) is 5.82 Å². The molecule has 0 atom stereocenters. The summed E-state index contributed by atoms with van der Waals surface area (Å²) in [6, 6.07) is 0. The third-order valence-corrected chi connectivity index (χ3v) is 2.84. The highest BCUT2D eigenvalue weighted by atomic mass is 32.2. The first kappa shape index (κ1) is 12.0. The van der Waals surface area contributed by atoms with Gasteiger partial charge in [0.25, 0.3) is 0 Å². The van der Waals surface area contributed by atoms with Crippen LogP contribution in [0.4, 0.5) is 5.82 Å². The minimum Gasteiger partial charge on any atom is -0.372 e. The van der Waals surface area contributed by atoms with E-state index < -0.39 is 0 Å². The topological polar surface area (TPSA) is 54.9 Å². The van der Waals surface area contributed by atoms with E-state index in [2.05, 4.69) is 22.2 Å². The summed E-state index contributed by atoms with van der Waals surface area (Å²) < 4.78 is 0. The van der Waals surface area contributed by atoms with Gasteiger partial charge in [-0.15, -0.1) is 0 Å². The lowest BCUT2D eigenvalue weighted by atomic mass is 10.3. The molecule has 0 fully saturated rings. The van der Waals surface area contributed by atoms with Crippen molar-refractivity contribution in [2.24, 2.45) is 0 Å². The zero-order chi connectivity index (χ0) is 11.1. The van der Waals surface area contributed by atoms with Crippen LogP contribution in [-0.4, -0.2) is 29.1 Å². The summed E-state index contributed by atoms with van der Waals surface area (Å²) in [5.74, 6) is 1.61. The molecule has 0 amide bonds. The number of hydrogen-bond acceptors (Lipinski definition) is 5. The molecule has 1 N–H and O–H groups in total. The summed E-state index contributed by atoms with van der Waals surface area (Å²) in [4.78, 5) is 19.0. The Bertz CT molecular complexity index is 330. The third-order valence-electron chi connectivity index (χ3n) is 1.89. The second-order valence-corrected chi connectivity index (χ2v) is 4.09. The monoisotopic (exact) mass is 225 g/mol. The zero-order valence-corrected chi connectivity index (χ0v) is 9.80. The van der Waals surface area contributed by atoms with Crippen LogP contribution in [0.1, 0.15) is 30.1 Å². The molecule has 0 aliphatic heterocycles. The van der Waals surface area contributed by atoms with Crippen molar-refractivity contribution < 1.29 is 4.79 Å². The molecule has 0 aliphatic rings. The van der Waals surface area contributed by atoms with Gasteiger partial charge in [-0.3, -0.25) is 4.79 Å². The number of carbonyl (C=O) groups is 1. The van der Waals surface area contributed by atoms with Gasteiger partial charge in [0.15, 0.2) is 11.4 Å². The van der Waals surface area contributed by atoms with Crippen molar-refractivity contribution in [1.82, 2.24) is 9.97 Å². The number of nitrogens with one attached hydrogen (secondary N) is 1. The molecule has 0 saturated heterocycles. The summed E-state index contributed by atoms with van der Waals surface area (Å²) in [5, 5.41) is 3.60. The molecule has 0 saturated carbocycles. The quantitative estimate of drug-likeness (QED) is 0.348. The maximum Gasteiger partial charge on any atom is 0.189 e. The van der Waals surface area contributed by atoms with Crippen molar-refractivity contribution in [1.29, 1.82) is 0 Å². The highest BCUT2D eigenvalue weighted by Crippen LogP contribution is 2.17. The summed E-state index contributed by atoms with van der Waals surface area (Å²) in [7, 11) is 1.75. The number of hydrogen-bond donors (Lipinski definition) is 1. The first-order valence-electron chi connectivity index (χ1n) is 4.94. The maximum atomic E-state index is 10.6. The smallest absolute Gasteiger partial charge is 0.189 e. The molecule has 1 aromatic heterocycles. The van der Waals surface area contributed by atoms with Crippen LogP contribution in [0.15, 0.2) is 11.4 Å². The Morgan fingerprint density at radius 1 is 1.60 bits per heavy atom. The number of aromatic nitrogens is 2. The van der Waals surface area contributed by atoms with Crippen LogP contribution >= 0.6 is 11.8 Å². The Kier molecular flexibility index (Phi) is 5.10. The molecule has 1 rings (SSSR count). The highest BCUT2D eigenvalue weighted by Gasteiger charge is 2.04. The van der Waals surface area contributed by atoms with Gasteiger partial charge in [-0.2, -0.15) is 0 Å². The summed E-state index contributed by atoms with van der Waals surface area (Å²) >= 11 is 1.62. The molecule has 0 aliphatic carbocycles. The Morgan fingerprint density at radius 2 is 2.40 bits per heavy atom. The summed E-state index contributed by atoms with van der Waals surface area (Å²) in [6.45, 7) is 2.15. The van der Waals surface area contributed by atoms with Gasteiger partial charge in [-0.25, -0.2) is 9.97 Å². The van der Waals surface area contributed by atoms with Gasteiger partial charge >= 0.3 is 0 Å². The molecule has 1 aromatic rings. The van der Waals surface area contributed by atoms with E-state index in [-0.39, 0.29) is 0 Å². The number of carbonyl (C=O) groups excluding carboxylic acids is 1. The van der Waals surface area contributed by atoms with Crippen LogP contribution in [0.5, 0.6) is 0 Å². The Balaban J connectivity index is 2.70. The summed E-state index contributed by atoms with van der Waals surface area (Å²) in [6.07, 6.45) is 4.63. The van der Waals surface area contributed by atoms with Crippen LogP contribution < -0.4 is 5.32 Å². The lowest BCUT2D eigenvalue weighted by Gasteiger charge is -2.04. The van der Waals surface area contributed by atoms with Crippen molar-refractivity contribution in [2.45, 2.75) is 24.9 Å². The van der Waals surface area contributed by atoms with Gasteiger partial charge in [-0.1, -0.05) is 25.1 Å². The molecule has 0 spiro atoms. The van der Waals surface area contributed by atoms with E-state index >= 15 is 0 Å². The molecule has 1 heterocycles. The molecule has 0 aromatic carbocycles. The zero-order valence-electron chi connectivity index (χ0n) is 8.99. The average Bonchev–Trinajstić information content (AvgIpc) is 2.29. The largest absolute Gasteiger partial charge is 0.372 e. The predicted octanol–water partition coefficient (Wildman–Crippen LogP) is 2.22. The van der Waals surface area contributed by atoms with Gasteiger partial charge in [0, 0.05) is 19.0 Å². The second-order valence-electron chi connectivity index (χ2n) is 3.03. The average molecular weight is 225 g/mol. The van der Waals surface area contributed by atoms with E-state index in [1.54, 1.807) is 25.0 Å². The first-order valence-corrected chi connectivity index (χ1v) is 5.93. The van der Waals surface area contributed by atoms with Crippen molar-refractivity contribution in [3.8, 4) is 0 Å². The van der Waals surface area contributed by atoms with Crippen molar-refractivity contribution in [3.63, 3.8) is 0 Å². The number of thioether (sulfide) groups is 1. The molecule has 4 nitrogen and oxygen atoms in total. The fraction of sp³-hybridized carbons (Fsp3) is 0.500. The molecule has 0 bridgehead atoms. The van der Waals surface area contributed by atoms with Crippen LogP contribution in [-0.2, 0) is 0 Å². The lowest BCUT2D eigenvalue weighted by Crippen LogP contribution is -2.01. The molecular formula is C10H15N3OS. The Morgan fingerprint density at radius 3 is 3.00 bits per heavy atom. The van der Waals surface area contributed by atoms with Crippen LogP contribution in [0.25, 0.3) is 0 Å². The van der Waals surface area contributed by atoms with E-state index in [4.69, 9.17) is 0 Å². The normalized spacial score (nSPS) is 10.0. The highest BCUT2D eigenvalue weighted by molar-refractivity contribution is 7.99. The van der Waals surface area contributed by atoms with E-state index in [1.165, 1.54) is 0 Å². The SMILES string of the molecule is CCCCSc1ncc(C=O)c(NC)n1. The second kappa shape index (κ2) is 6.40. The Labute approximate surface area is 93.9 Å². The molecule has 15 heavy (non-hydrogen) atoms. The molecule has 5 heteroatoms. The minimum atomic E-state index is 0.498. The van der Waals surface area contributed by atoms with E-state index in [0.29, 0.717) is 11.4 Å². The van der Waals surface area contributed by atoms with E-state index in [9.17, 15) is 4.79 Å². The van der Waals surface area contributed by atoms with Gasteiger partial charge in [-0.05, 0) is 6.42 Å². The van der Waals surface area contributed by atoms with Crippen LogP contribution in [0, 0.1) is 0 Å². The number of aldehydes is 1. The van der Waals surface area contributed by atoms with Gasteiger partial charge in [0.2, 0.25) is 0 Å². The van der Waals surface area contributed by atoms with Crippen LogP contribution in [0.2, 0.25) is 0 Å². The number of unbranched alkanes of at least 4 members (excludes halogenated alkanes) is 1. The summed E-state index contributed by atoms with van der Waals surface area (Å²) in [5.41, 5.74) is 0.498. The Hall–Kier alpha value is -1.10.